The second kappa shape index (κ2) is 24.4. The average molecular weight is 527 g/mol. The van der Waals surface area contributed by atoms with Gasteiger partial charge in [-0.05, 0) is 71.1 Å². The van der Waals surface area contributed by atoms with Gasteiger partial charge in [-0.3, -0.25) is 14.4 Å². The summed E-state index contributed by atoms with van der Waals surface area (Å²) in [6.07, 6.45) is 23.3. The average Bonchev–Trinajstić information content (AvgIpc) is 2.84. The largest absolute Gasteiger partial charge is 0.481 e. The van der Waals surface area contributed by atoms with Gasteiger partial charge in [0.2, 0.25) is 0 Å². The third kappa shape index (κ3) is 24.2. The molecule has 0 heterocycles. The summed E-state index contributed by atoms with van der Waals surface area (Å²) in [6, 6.07) is 0. The third-order valence-corrected chi connectivity index (χ3v) is 7.31. The van der Waals surface area contributed by atoms with Crippen LogP contribution in [-0.4, -0.2) is 63.9 Å². The minimum Gasteiger partial charge on any atom is -0.481 e. The second-order valence-electron chi connectivity index (χ2n) is 10.7. The highest BCUT2D eigenvalue weighted by Crippen LogP contribution is 2.19. The van der Waals surface area contributed by atoms with Crippen molar-refractivity contribution in [3.05, 3.63) is 12.2 Å². The highest BCUT2D eigenvalue weighted by atomic mass is 16.4. The van der Waals surface area contributed by atoms with E-state index in [1.807, 2.05) is 0 Å². The van der Waals surface area contributed by atoms with Crippen LogP contribution in [0.1, 0.15) is 135 Å². The highest BCUT2D eigenvalue weighted by Gasteiger charge is 2.26. The van der Waals surface area contributed by atoms with Gasteiger partial charge in [0.15, 0.2) is 0 Å². The first-order valence-corrected chi connectivity index (χ1v) is 14.9. The lowest BCUT2D eigenvalue weighted by molar-refractivity contribution is -0.929. The van der Waals surface area contributed by atoms with Crippen molar-refractivity contribution in [1.82, 2.24) is 0 Å². The van der Waals surface area contributed by atoms with E-state index in [4.69, 9.17) is 15.3 Å². The summed E-state index contributed by atoms with van der Waals surface area (Å²) in [4.78, 5) is 32.9. The molecule has 0 radical (unpaired) electrons. The van der Waals surface area contributed by atoms with Crippen LogP contribution in [0.15, 0.2) is 12.2 Å². The molecular formula is C30H56NO6+. The van der Waals surface area contributed by atoms with E-state index in [0.717, 1.165) is 56.3 Å². The van der Waals surface area contributed by atoms with Gasteiger partial charge in [0.05, 0.1) is 26.2 Å². The first-order valence-electron chi connectivity index (χ1n) is 14.9. The topological polar surface area (TPSA) is 112 Å². The third-order valence-electron chi connectivity index (χ3n) is 7.31. The molecule has 0 unspecified atom stereocenters. The van der Waals surface area contributed by atoms with E-state index >= 15 is 0 Å². The van der Waals surface area contributed by atoms with Crippen LogP contribution in [0.5, 0.6) is 0 Å². The lowest BCUT2D eigenvalue weighted by Crippen LogP contribution is -2.51. The number of carboxylic acids is 3. The maximum Gasteiger partial charge on any atom is 0.303 e. The maximum atomic E-state index is 11.0. The highest BCUT2D eigenvalue weighted by molar-refractivity contribution is 5.67. The molecule has 0 amide bonds. The number of nitrogens with zero attached hydrogens (tertiary/aromatic N) is 1. The molecule has 3 N–H and O–H groups in total. The Labute approximate surface area is 225 Å². The number of quaternary nitrogens is 1. The van der Waals surface area contributed by atoms with Crippen LogP contribution >= 0.6 is 0 Å². The summed E-state index contributed by atoms with van der Waals surface area (Å²) in [5.74, 6) is -2.31. The Morgan fingerprint density at radius 2 is 0.784 bits per heavy atom. The molecule has 0 atom stereocenters. The van der Waals surface area contributed by atoms with Crippen LogP contribution in [0.3, 0.4) is 0 Å². The summed E-state index contributed by atoms with van der Waals surface area (Å²) < 4.78 is 0.867. The SMILES string of the molecule is C/C=C/CCCCCCCCCCCC[N+](CCCCC(=O)O)(CCCCC(=O)O)CCCCC(=O)O. The first-order chi connectivity index (χ1) is 17.8. The van der Waals surface area contributed by atoms with Crippen molar-refractivity contribution in [2.45, 2.75) is 135 Å². The zero-order valence-electron chi connectivity index (χ0n) is 23.6. The molecule has 0 aromatic rings. The number of allylic oxidation sites excluding steroid dienone is 2. The Hall–Kier alpha value is -1.89. The lowest BCUT2D eigenvalue weighted by Gasteiger charge is -2.39. The molecule has 0 saturated carbocycles. The summed E-state index contributed by atoms with van der Waals surface area (Å²) in [5, 5.41) is 27.0. The predicted molar refractivity (Wildman–Crippen MR) is 150 cm³/mol. The fraction of sp³-hybridized carbons (Fsp3) is 0.833. The monoisotopic (exact) mass is 526 g/mol. The normalized spacial score (nSPS) is 11.8. The van der Waals surface area contributed by atoms with E-state index in [0.29, 0.717) is 19.3 Å². The maximum absolute atomic E-state index is 11.0. The predicted octanol–water partition coefficient (Wildman–Crippen LogP) is 7.44. The number of hydrogen-bond acceptors (Lipinski definition) is 3. The molecule has 7 heteroatoms. The molecule has 0 aliphatic carbocycles. The van der Waals surface area contributed by atoms with Crippen molar-refractivity contribution < 1.29 is 34.2 Å². The van der Waals surface area contributed by atoms with Gasteiger partial charge in [-0.15, -0.1) is 0 Å². The molecule has 0 rings (SSSR count). The van der Waals surface area contributed by atoms with Crippen LogP contribution in [0.25, 0.3) is 0 Å². The summed E-state index contributed by atoms with van der Waals surface area (Å²) in [5.41, 5.74) is 0. The smallest absolute Gasteiger partial charge is 0.303 e. The van der Waals surface area contributed by atoms with Crippen molar-refractivity contribution in [3.63, 3.8) is 0 Å². The first kappa shape index (κ1) is 35.1. The van der Waals surface area contributed by atoms with Crippen LogP contribution in [0, 0.1) is 0 Å². The standard InChI is InChI=1S/C30H55NO6/c1-2-3-4-5-6-7-8-9-10-11-12-13-17-24-31(25-18-14-21-28(32)33,26-19-15-22-29(34)35)27-20-16-23-30(36)37/h2-3H,4-27H2,1H3,(H2-,32,33,34,35,36,37)/p+1/b3-2+. The molecular weight excluding hydrogens is 470 g/mol. The molecule has 0 bridgehead atoms. The molecule has 216 valence electrons. The van der Waals surface area contributed by atoms with Gasteiger partial charge in [0, 0.05) is 19.3 Å². The lowest BCUT2D eigenvalue weighted by atomic mass is 10.0. The zero-order chi connectivity index (χ0) is 27.6. The molecule has 0 aromatic carbocycles. The van der Waals surface area contributed by atoms with Crippen molar-refractivity contribution in [2.24, 2.45) is 0 Å². The van der Waals surface area contributed by atoms with E-state index in [1.54, 1.807) is 0 Å². The fourth-order valence-electron chi connectivity index (χ4n) is 5.13. The molecule has 0 fully saturated rings. The Bertz CT molecular complexity index is 564. The molecule has 0 saturated heterocycles. The van der Waals surface area contributed by atoms with Crippen LogP contribution in [0.4, 0.5) is 0 Å². The molecule has 0 spiro atoms. The van der Waals surface area contributed by atoms with Gasteiger partial charge >= 0.3 is 17.9 Å². The van der Waals surface area contributed by atoms with Crippen LogP contribution in [0.2, 0.25) is 0 Å². The van der Waals surface area contributed by atoms with Crippen molar-refractivity contribution in [2.75, 3.05) is 26.2 Å². The summed E-state index contributed by atoms with van der Waals surface area (Å²) >= 11 is 0. The van der Waals surface area contributed by atoms with Crippen molar-refractivity contribution in [1.29, 1.82) is 0 Å². The molecule has 0 aliphatic rings. The number of rotatable bonds is 28. The Morgan fingerprint density at radius 3 is 1.11 bits per heavy atom. The molecule has 0 aliphatic heterocycles. The van der Waals surface area contributed by atoms with E-state index in [-0.39, 0.29) is 19.3 Å². The summed E-state index contributed by atoms with van der Waals surface area (Å²) in [7, 11) is 0. The van der Waals surface area contributed by atoms with Gasteiger partial charge in [-0.25, -0.2) is 0 Å². The summed E-state index contributed by atoms with van der Waals surface area (Å²) in [6.45, 7) is 5.76. The Morgan fingerprint density at radius 1 is 0.486 bits per heavy atom. The fourth-order valence-corrected chi connectivity index (χ4v) is 5.13. The minimum atomic E-state index is -0.769. The Kier molecular flexibility index (Phi) is 23.2. The zero-order valence-corrected chi connectivity index (χ0v) is 23.6. The number of carboxylic acid groups (broad SMARTS) is 3. The van der Waals surface area contributed by atoms with E-state index in [1.165, 1.54) is 64.2 Å². The van der Waals surface area contributed by atoms with Crippen molar-refractivity contribution in [3.8, 4) is 0 Å². The molecule has 37 heavy (non-hydrogen) atoms. The van der Waals surface area contributed by atoms with Gasteiger partial charge in [0.25, 0.3) is 0 Å². The Balaban J connectivity index is 4.57. The number of carbonyl (C=O) groups is 3. The quantitative estimate of drug-likeness (QED) is 0.0555. The van der Waals surface area contributed by atoms with E-state index < -0.39 is 17.9 Å². The van der Waals surface area contributed by atoms with E-state index in [9.17, 15) is 14.4 Å². The van der Waals surface area contributed by atoms with Gasteiger partial charge in [0.1, 0.15) is 0 Å². The van der Waals surface area contributed by atoms with E-state index in [2.05, 4.69) is 19.1 Å². The minimum absolute atomic E-state index is 0.174. The number of aliphatic carboxylic acids is 3. The van der Waals surface area contributed by atoms with Crippen molar-refractivity contribution >= 4 is 17.9 Å². The molecule has 0 aromatic heterocycles. The van der Waals surface area contributed by atoms with Crippen LogP contribution in [-0.2, 0) is 14.4 Å². The second-order valence-corrected chi connectivity index (χ2v) is 10.7. The number of unbranched alkanes of at least 4 members (excludes halogenated alkanes) is 13. The van der Waals surface area contributed by atoms with Gasteiger partial charge in [-0.2, -0.15) is 0 Å². The van der Waals surface area contributed by atoms with Gasteiger partial charge < -0.3 is 19.8 Å². The molecule has 7 nitrogen and oxygen atoms in total. The van der Waals surface area contributed by atoms with Gasteiger partial charge in [-0.1, -0.05) is 57.1 Å². The van der Waals surface area contributed by atoms with Crippen LogP contribution < -0.4 is 0 Å². The number of hydrogen-bond donors (Lipinski definition) is 3.